The van der Waals surface area contributed by atoms with Crippen LogP contribution in [0.2, 0.25) is 0 Å². The highest BCUT2D eigenvalue weighted by Crippen LogP contribution is 2.38. The third-order valence-corrected chi connectivity index (χ3v) is 5.42. The number of aromatic nitrogens is 1. The molecule has 148 valence electrons. The molecule has 1 aromatic heterocycles. The molecule has 3 heterocycles. The lowest BCUT2D eigenvalue weighted by Crippen LogP contribution is -2.45. The van der Waals surface area contributed by atoms with Crippen molar-refractivity contribution in [2.75, 3.05) is 31.5 Å². The fourth-order valence-corrected chi connectivity index (χ4v) is 3.75. The minimum atomic E-state index is -0.382. The Morgan fingerprint density at radius 3 is 2.85 bits per heavy atom. The van der Waals surface area contributed by atoms with Crippen LogP contribution in [0, 0.1) is 0 Å². The molecule has 1 aromatic rings. The molecule has 0 bridgehead atoms. The molecular weight excluding hydrogens is 344 g/mol. The van der Waals surface area contributed by atoms with E-state index in [1.165, 1.54) is 11.8 Å². The Morgan fingerprint density at radius 2 is 2.15 bits per heavy atom. The number of carbonyl (C=O) groups excluding carboxylic acids is 1. The normalized spacial score (nSPS) is 21.8. The summed E-state index contributed by atoms with van der Waals surface area (Å²) < 4.78 is 6.34. The molecule has 2 aliphatic rings. The number of piperidine rings is 1. The van der Waals surface area contributed by atoms with E-state index in [4.69, 9.17) is 4.74 Å². The third-order valence-electron chi connectivity index (χ3n) is 5.42. The van der Waals surface area contributed by atoms with Crippen molar-refractivity contribution in [3.63, 3.8) is 0 Å². The van der Waals surface area contributed by atoms with E-state index < -0.39 is 0 Å². The number of allylic oxidation sites excluding steroid dienone is 1. The van der Waals surface area contributed by atoms with Gasteiger partial charge in [-0.2, -0.15) is 0 Å². The van der Waals surface area contributed by atoms with Gasteiger partial charge in [0.25, 0.3) is 5.56 Å². The van der Waals surface area contributed by atoms with Crippen LogP contribution in [0.1, 0.15) is 39.5 Å². The first-order chi connectivity index (χ1) is 13.0. The van der Waals surface area contributed by atoms with Crippen molar-refractivity contribution in [2.45, 2.75) is 51.2 Å². The molecule has 0 aliphatic carbocycles. The van der Waals surface area contributed by atoms with Gasteiger partial charge in [0.05, 0.1) is 11.7 Å². The van der Waals surface area contributed by atoms with Gasteiger partial charge in [-0.05, 0) is 51.7 Å². The molecule has 2 fully saturated rings. The molecule has 2 aliphatic heterocycles. The highest BCUT2D eigenvalue weighted by molar-refractivity contribution is 5.88. The van der Waals surface area contributed by atoms with Gasteiger partial charge in [0.1, 0.15) is 5.69 Å². The highest BCUT2D eigenvalue weighted by Gasteiger charge is 2.42. The Kier molecular flexibility index (Phi) is 6.34. The number of nitrogens with zero attached hydrogens (tertiary/aromatic N) is 1. The Hall–Kier alpha value is -2.12. The SMILES string of the molecule is CC(C)=CCN1CCC2(CC[C@@H](CNC(=O)Nc3ccc[nH]c3=O)O2)CC1. The highest BCUT2D eigenvalue weighted by atomic mass is 16.5. The van der Waals surface area contributed by atoms with Crippen LogP contribution >= 0.6 is 0 Å². The number of carbonyl (C=O) groups is 1. The molecule has 0 unspecified atom stereocenters. The quantitative estimate of drug-likeness (QED) is 0.691. The van der Waals surface area contributed by atoms with E-state index in [0.717, 1.165) is 45.3 Å². The third kappa shape index (κ3) is 5.43. The lowest BCUT2D eigenvalue weighted by molar-refractivity contribution is -0.0738. The largest absolute Gasteiger partial charge is 0.370 e. The molecule has 3 N–H and O–H groups in total. The average molecular weight is 374 g/mol. The Bertz CT molecular complexity index is 731. The number of aromatic amines is 1. The summed E-state index contributed by atoms with van der Waals surface area (Å²) in [4.78, 5) is 28.6. The zero-order chi connectivity index (χ0) is 19.3. The summed E-state index contributed by atoms with van der Waals surface area (Å²) in [7, 11) is 0. The molecule has 2 saturated heterocycles. The minimum absolute atomic E-state index is 0.0269. The lowest BCUT2D eigenvalue weighted by Gasteiger charge is -2.39. The first-order valence-corrected chi connectivity index (χ1v) is 9.72. The number of hydrogen-bond acceptors (Lipinski definition) is 4. The van der Waals surface area contributed by atoms with Crippen LogP contribution in [0.15, 0.2) is 34.8 Å². The summed E-state index contributed by atoms with van der Waals surface area (Å²) in [5.74, 6) is 0. The molecule has 1 spiro atoms. The zero-order valence-electron chi connectivity index (χ0n) is 16.2. The number of pyridine rings is 1. The van der Waals surface area contributed by atoms with E-state index in [-0.39, 0.29) is 29.0 Å². The Morgan fingerprint density at radius 1 is 1.37 bits per heavy atom. The Balaban J connectivity index is 1.41. The van der Waals surface area contributed by atoms with Crippen molar-refractivity contribution in [3.05, 3.63) is 40.3 Å². The number of amides is 2. The molecular formula is C20H30N4O3. The summed E-state index contributed by atoms with van der Waals surface area (Å²) in [6, 6.07) is 2.86. The topological polar surface area (TPSA) is 86.5 Å². The van der Waals surface area contributed by atoms with Crippen molar-refractivity contribution in [2.24, 2.45) is 0 Å². The van der Waals surface area contributed by atoms with Gasteiger partial charge in [0, 0.05) is 32.4 Å². The lowest BCUT2D eigenvalue weighted by atomic mass is 9.88. The Labute approximate surface area is 160 Å². The summed E-state index contributed by atoms with van der Waals surface area (Å²) in [6.45, 7) is 7.85. The van der Waals surface area contributed by atoms with Gasteiger partial charge >= 0.3 is 6.03 Å². The predicted octanol–water partition coefficient (Wildman–Crippen LogP) is 2.48. The second-order valence-corrected chi connectivity index (χ2v) is 7.79. The molecule has 1 atom stereocenters. The summed E-state index contributed by atoms with van der Waals surface area (Å²) in [6.07, 6.45) is 7.95. The van der Waals surface area contributed by atoms with Crippen molar-refractivity contribution in [1.82, 2.24) is 15.2 Å². The molecule has 0 aromatic carbocycles. The van der Waals surface area contributed by atoms with Gasteiger partial charge < -0.3 is 20.4 Å². The standard InChI is InChI=1S/C20H30N4O3/c1-15(2)6-11-24-12-8-20(9-13-24)7-5-16(27-20)14-22-19(26)23-17-4-3-10-21-18(17)25/h3-4,6,10,16H,5,7-9,11-14H2,1-2H3,(H,21,25)(H2,22,23,26)/t16-/m0/s1. The van der Waals surface area contributed by atoms with Crippen LogP contribution < -0.4 is 16.2 Å². The first kappa shape index (κ1) is 19.6. The van der Waals surface area contributed by atoms with Crippen molar-refractivity contribution in [3.8, 4) is 0 Å². The second-order valence-electron chi connectivity index (χ2n) is 7.79. The van der Waals surface area contributed by atoms with E-state index >= 15 is 0 Å². The fraction of sp³-hybridized carbons (Fsp3) is 0.600. The number of hydrogen-bond donors (Lipinski definition) is 3. The van der Waals surface area contributed by atoms with Crippen LogP contribution in [0.5, 0.6) is 0 Å². The van der Waals surface area contributed by atoms with Gasteiger partial charge in [-0.1, -0.05) is 11.6 Å². The van der Waals surface area contributed by atoms with Gasteiger partial charge in [0.2, 0.25) is 0 Å². The van der Waals surface area contributed by atoms with E-state index in [2.05, 4.69) is 40.4 Å². The van der Waals surface area contributed by atoms with Gasteiger partial charge in [-0.25, -0.2) is 4.79 Å². The number of nitrogens with one attached hydrogen (secondary N) is 3. The second kappa shape index (κ2) is 8.71. The van der Waals surface area contributed by atoms with E-state index in [1.54, 1.807) is 12.1 Å². The number of urea groups is 1. The maximum atomic E-state index is 12.0. The molecule has 7 heteroatoms. The van der Waals surface area contributed by atoms with E-state index in [1.807, 2.05) is 0 Å². The molecule has 0 saturated carbocycles. The van der Waals surface area contributed by atoms with Crippen LogP contribution in [-0.4, -0.2) is 53.8 Å². The van der Waals surface area contributed by atoms with Gasteiger partial charge in [0.15, 0.2) is 0 Å². The molecule has 7 nitrogen and oxygen atoms in total. The minimum Gasteiger partial charge on any atom is -0.370 e. The molecule has 0 radical (unpaired) electrons. The first-order valence-electron chi connectivity index (χ1n) is 9.72. The number of ether oxygens (including phenoxy) is 1. The maximum absolute atomic E-state index is 12.0. The number of H-pyrrole nitrogens is 1. The number of rotatable bonds is 5. The van der Waals surface area contributed by atoms with Crippen LogP contribution in [0.3, 0.4) is 0 Å². The van der Waals surface area contributed by atoms with Crippen LogP contribution in [-0.2, 0) is 4.74 Å². The van der Waals surface area contributed by atoms with Gasteiger partial charge in [-0.15, -0.1) is 0 Å². The summed E-state index contributed by atoms with van der Waals surface area (Å²) in [5, 5.41) is 5.39. The predicted molar refractivity (Wildman–Crippen MR) is 106 cm³/mol. The summed E-state index contributed by atoms with van der Waals surface area (Å²) in [5.41, 5.74) is 1.25. The smallest absolute Gasteiger partial charge is 0.319 e. The zero-order valence-corrected chi connectivity index (χ0v) is 16.2. The van der Waals surface area contributed by atoms with Crippen molar-refractivity contribution < 1.29 is 9.53 Å². The molecule has 2 amide bonds. The monoisotopic (exact) mass is 374 g/mol. The number of likely N-dealkylation sites (tertiary alicyclic amines) is 1. The number of anilines is 1. The van der Waals surface area contributed by atoms with Crippen molar-refractivity contribution >= 4 is 11.7 Å². The average Bonchev–Trinajstić information content (AvgIpc) is 3.04. The van der Waals surface area contributed by atoms with Crippen LogP contribution in [0.25, 0.3) is 0 Å². The summed E-state index contributed by atoms with van der Waals surface area (Å²) >= 11 is 0. The fourth-order valence-electron chi connectivity index (χ4n) is 3.75. The van der Waals surface area contributed by atoms with Crippen LogP contribution in [0.4, 0.5) is 10.5 Å². The van der Waals surface area contributed by atoms with E-state index in [0.29, 0.717) is 6.54 Å². The van der Waals surface area contributed by atoms with E-state index in [9.17, 15) is 9.59 Å². The van der Waals surface area contributed by atoms with Gasteiger partial charge in [-0.3, -0.25) is 9.69 Å². The molecule has 3 rings (SSSR count). The molecule has 27 heavy (non-hydrogen) atoms. The van der Waals surface area contributed by atoms with Crippen molar-refractivity contribution in [1.29, 1.82) is 0 Å². The maximum Gasteiger partial charge on any atom is 0.319 e.